The Morgan fingerprint density at radius 2 is 1.75 bits per heavy atom. The van der Waals surface area contributed by atoms with Gasteiger partial charge >= 0.3 is 5.97 Å². The number of rotatable bonds is 7. The molecular weight excluding hydrogens is 308 g/mol. The molecule has 0 aliphatic heterocycles. The van der Waals surface area contributed by atoms with Crippen LogP contribution in [-0.2, 0) is 14.3 Å². The van der Waals surface area contributed by atoms with Crippen LogP contribution < -0.4 is 9.47 Å². The summed E-state index contributed by atoms with van der Waals surface area (Å²) in [5.74, 6) is 0.154. The average molecular weight is 330 g/mol. The molecule has 0 aliphatic carbocycles. The third-order valence-electron chi connectivity index (χ3n) is 3.70. The number of hydrogen-bond acceptors (Lipinski definition) is 5. The highest BCUT2D eigenvalue weighted by Crippen LogP contribution is 2.37. The van der Waals surface area contributed by atoms with Crippen molar-refractivity contribution in [2.24, 2.45) is 0 Å². The lowest BCUT2D eigenvalue weighted by Gasteiger charge is -2.21. The van der Waals surface area contributed by atoms with Gasteiger partial charge in [-0.25, -0.2) is 0 Å². The van der Waals surface area contributed by atoms with Crippen LogP contribution in [0.15, 0.2) is 42.5 Å². The molecule has 2 rings (SSSR count). The Morgan fingerprint density at radius 3 is 2.42 bits per heavy atom. The highest BCUT2D eigenvalue weighted by molar-refractivity contribution is 5.84. The first-order valence-corrected chi connectivity index (χ1v) is 7.55. The Labute approximate surface area is 142 Å². The first-order chi connectivity index (χ1) is 11.6. The molecule has 0 amide bonds. The summed E-state index contributed by atoms with van der Waals surface area (Å²) in [4.78, 5) is 12.6. The largest absolute Gasteiger partial charge is 0.496 e. The Hall–Kier alpha value is -2.53. The molecule has 2 aromatic rings. The van der Waals surface area contributed by atoms with Gasteiger partial charge in [0, 0.05) is 18.2 Å². The molecule has 0 heterocycles. The van der Waals surface area contributed by atoms with Crippen LogP contribution in [0, 0.1) is 6.92 Å². The Bertz CT molecular complexity index is 696. The minimum absolute atomic E-state index is 0.0931. The molecule has 5 nitrogen and oxygen atoms in total. The summed E-state index contributed by atoms with van der Waals surface area (Å²) in [6, 6.07) is 13.0. The van der Waals surface area contributed by atoms with E-state index in [9.17, 15) is 4.79 Å². The van der Waals surface area contributed by atoms with E-state index in [0.29, 0.717) is 17.1 Å². The van der Waals surface area contributed by atoms with E-state index in [4.69, 9.17) is 18.9 Å². The van der Waals surface area contributed by atoms with Crippen molar-refractivity contribution in [3.8, 4) is 11.5 Å². The van der Waals surface area contributed by atoms with Gasteiger partial charge in [0.2, 0.25) is 0 Å². The topological polar surface area (TPSA) is 54.0 Å². The second-order valence-corrected chi connectivity index (χ2v) is 5.29. The first-order valence-electron chi connectivity index (χ1n) is 7.55. The number of carbonyl (C=O) groups excluding carboxylic acids is 1. The van der Waals surface area contributed by atoms with E-state index in [1.165, 1.54) is 7.11 Å². The van der Waals surface area contributed by atoms with Gasteiger partial charge in [0.1, 0.15) is 17.4 Å². The van der Waals surface area contributed by atoms with Gasteiger partial charge in [0.15, 0.2) is 6.79 Å². The molecule has 128 valence electrons. The minimum Gasteiger partial charge on any atom is -0.496 e. The molecule has 0 saturated carbocycles. The van der Waals surface area contributed by atoms with Crippen LogP contribution in [0.2, 0.25) is 0 Å². The molecular formula is C19H22O5. The minimum atomic E-state index is -0.655. The van der Waals surface area contributed by atoms with Crippen molar-refractivity contribution in [2.45, 2.75) is 12.8 Å². The maximum Gasteiger partial charge on any atom is 0.317 e. The summed E-state index contributed by atoms with van der Waals surface area (Å²) >= 11 is 0. The average Bonchev–Trinajstić information content (AvgIpc) is 2.61. The molecule has 0 N–H and O–H groups in total. The lowest BCUT2D eigenvalue weighted by molar-refractivity contribution is -0.141. The van der Waals surface area contributed by atoms with Crippen molar-refractivity contribution in [1.82, 2.24) is 0 Å². The number of ether oxygens (including phenoxy) is 4. The second kappa shape index (κ2) is 8.36. The van der Waals surface area contributed by atoms with E-state index in [2.05, 4.69) is 0 Å². The molecule has 0 aliphatic rings. The van der Waals surface area contributed by atoms with Gasteiger partial charge in [-0.2, -0.15) is 0 Å². The molecule has 0 bridgehead atoms. The molecule has 5 heteroatoms. The van der Waals surface area contributed by atoms with Gasteiger partial charge in [-0.15, -0.1) is 0 Å². The van der Waals surface area contributed by atoms with E-state index in [1.54, 1.807) is 20.3 Å². The van der Waals surface area contributed by atoms with Crippen molar-refractivity contribution < 1.29 is 23.7 Å². The smallest absolute Gasteiger partial charge is 0.317 e. The molecule has 0 saturated heterocycles. The van der Waals surface area contributed by atoms with Gasteiger partial charge in [-0.3, -0.25) is 4.79 Å². The van der Waals surface area contributed by atoms with Crippen molar-refractivity contribution in [3.05, 3.63) is 59.2 Å². The fourth-order valence-corrected chi connectivity index (χ4v) is 2.59. The van der Waals surface area contributed by atoms with Crippen molar-refractivity contribution in [3.63, 3.8) is 0 Å². The van der Waals surface area contributed by atoms with E-state index < -0.39 is 5.92 Å². The van der Waals surface area contributed by atoms with Crippen LogP contribution in [0.3, 0.4) is 0 Å². The third-order valence-corrected chi connectivity index (χ3v) is 3.70. The van der Waals surface area contributed by atoms with Crippen molar-refractivity contribution >= 4 is 5.97 Å². The molecule has 24 heavy (non-hydrogen) atoms. The monoisotopic (exact) mass is 330 g/mol. The van der Waals surface area contributed by atoms with E-state index in [1.807, 2.05) is 43.3 Å². The van der Waals surface area contributed by atoms with Crippen molar-refractivity contribution in [2.75, 3.05) is 28.1 Å². The Kier molecular flexibility index (Phi) is 6.21. The Balaban J connectivity index is 2.59. The van der Waals surface area contributed by atoms with Gasteiger partial charge in [0.05, 0.1) is 14.2 Å². The highest BCUT2D eigenvalue weighted by atomic mass is 16.7. The summed E-state index contributed by atoms with van der Waals surface area (Å²) < 4.78 is 21.1. The molecule has 0 spiro atoms. The maximum atomic E-state index is 12.6. The van der Waals surface area contributed by atoms with E-state index >= 15 is 0 Å². The highest BCUT2D eigenvalue weighted by Gasteiger charge is 2.29. The molecule has 0 radical (unpaired) electrons. The van der Waals surface area contributed by atoms with Gasteiger partial charge < -0.3 is 18.9 Å². The van der Waals surface area contributed by atoms with Gasteiger partial charge in [0.25, 0.3) is 0 Å². The predicted molar refractivity (Wildman–Crippen MR) is 90.5 cm³/mol. The zero-order valence-electron chi connectivity index (χ0n) is 14.4. The number of para-hydroxylation sites is 1. The Morgan fingerprint density at radius 1 is 1.00 bits per heavy atom. The van der Waals surface area contributed by atoms with Crippen LogP contribution in [0.5, 0.6) is 11.5 Å². The molecule has 0 fully saturated rings. The molecule has 1 unspecified atom stereocenters. The number of hydrogen-bond donors (Lipinski definition) is 0. The van der Waals surface area contributed by atoms with Crippen LogP contribution in [0.25, 0.3) is 0 Å². The number of esters is 1. The summed E-state index contributed by atoms with van der Waals surface area (Å²) in [5.41, 5.74) is 2.46. The predicted octanol–water partition coefficient (Wildman–Crippen LogP) is 3.29. The molecule has 2 aromatic carbocycles. The van der Waals surface area contributed by atoms with Crippen LogP contribution in [0.1, 0.15) is 22.6 Å². The van der Waals surface area contributed by atoms with Gasteiger partial charge in [-0.1, -0.05) is 35.9 Å². The number of methoxy groups -OCH3 is 3. The zero-order chi connectivity index (χ0) is 17.5. The van der Waals surface area contributed by atoms with Crippen LogP contribution >= 0.6 is 0 Å². The third kappa shape index (κ3) is 3.86. The number of aryl methyl sites for hydroxylation is 1. The van der Waals surface area contributed by atoms with Crippen LogP contribution in [0.4, 0.5) is 0 Å². The first kappa shape index (κ1) is 17.8. The zero-order valence-corrected chi connectivity index (χ0v) is 14.4. The quantitative estimate of drug-likeness (QED) is 0.576. The van der Waals surface area contributed by atoms with Crippen molar-refractivity contribution in [1.29, 1.82) is 0 Å². The lowest BCUT2D eigenvalue weighted by Crippen LogP contribution is -2.18. The summed E-state index contributed by atoms with van der Waals surface area (Å²) in [6.45, 7) is 2.06. The SMILES string of the molecule is COCOc1ccccc1C(C(=O)OC)c1cc(C)ccc1OC. The maximum absolute atomic E-state index is 12.6. The standard InChI is InChI=1S/C19H22O5/c1-13-9-10-16(22-3)15(11-13)18(19(20)23-4)14-7-5-6-8-17(14)24-12-21-2/h5-11,18H,12H2,1-4H3. The number of carbonyl (C=O) groups is 1. The summed E-state index contributed by atoms with van der Waals surface area (Å²) in [6.07, 6.45) is 0. The summed E-state index contributed by atoms with van der Waals surface area (Å²) in [5, 5.41) is 0. The van der Waals surface area contributed by atoms with Gasteiger partial charge in [-0.05, 0) is 19.1 Å². The number of benzene rings is 2. The fourth-order valence-electron chi connectivity index (χ4n) is 2.59. The van der Waals surface area contributed by atoms with E-state index in [0.717, 1.165) is 11.1 Å². The fraction of sp³-hybridized carbons (Fsp3) is 0.316. The summed E-state index contributed by atoms with van der Waals surface area (Å²) in [7, 11) is 4.50. The second-order valence-electron chi connectivity index (χ2n) is 5.29. The lowest BCUT2D eigenvalue weighted by atomic mass is 9.89. The molecule has 0 aromatic heterocycles. The molecule has 1 atom stereocenters. The van der Waals surface area contributed by atoms with E-state index in [-0.39, 0.29) is 12.8 Å². The van der Waals surface area contributed by atoms with Crippen LogP contribution in [-0.4, -0.2) is 34.1 Å². The normalized spacial score (nSPS) is 11.7.